The van der Waals surface area contributed by atoms with Crippen LogP contribution in [-0.4, -0.2) is 27.0 Å². The van der Waals surface area contributed by atoms with E-state index < -0.39 is 15.8 Å². The molecule has 0 saturated heterocycles. The number of carbonyl (C=O) groups excluding carboxylic acids is 1. The van der Waals surface area contributed by atoms with Crippen LogP contribution in [0.15, 0.2) is 58.3 Å². The zero-order valence-electron chi connectivity index (χ0n) is 13.7. The molecule has 5 nitrogen and oxygen atoms in total. The fraction of sp³-hybridized carbons (Fsp3) is 0.278. The molecule has 2 N–H and O–H groups in total. The van der Waals surface area contributed by atoms with Crippen LogP contribution in [0.25, 0.3) is 0 Å². The average Bonchev–Trinajstić information content (AvgIpc) is 2.55. The first-order chi connectivity index (χ1) is 11.3. The Morgan fingerprint density at radius 3 is 2.38 bits per heavy atom. The third-order valence-corrected chi connectivity index (χ3v) is 5.21. The van der Waals surface area contributed by atoms with Crippen LogP contribution in [0.4, 0.5) is 0 Å². The van der Waals surface area contributed by atoms with Gasteiger partial charge in [-0.05, 0) is 56.2 Å². The van der Waals surface area contributed by atoms with Gasteiger partial charge in [-0.1, -0.05) is 18.2 Å². The van der Waals surface area contributed by atoms with Crippen molar-refractivity contribution in [3.05, 3.63) is 59.7 Å². The Morgan fingerprint density at radius 1 is 1.12 bits per heavy atom. The van der Waals surface area contributed by atoms with Gasteiger partial charge in [-0.25, -0.2) is 13.2 Å². The Kier molecular flexibility index (Phi) is 5.75. The molecule has 0 aromatic heterocycles. The van der Waals surface area contributed by atoms with Crippen molar-refractivity contribution in [2.45, 2.75) is 36.1 Å². The Hall–Kier alpha value is -2.18. The largest absolute Gasteiger partial charge is 0.462 e. The van der Waals surface area contributed by atoms with Crippen molar-refractivity contribution in [1.82, 2.24) is 0 Å². The van der Waals surface area contributed by atoms with Crippen LogP contribution in [0, 0.1) is 0 Å². The molecule has 0 aliphatic heterocycles. The molecule has 0 aliphatic rings. The van der Waals surface area contributed by atoms with E-state index in [-0.39, 0.29) is 28.0 Å². The minimum absolute atomic E-state index is 0.00807. The van der Waals surface area contributed by atoms with Crippen LogP contribution >= 0.6 is 0 Å². The van der Waals surface area contributed by atoms with Gasteiger partial charge in [0.05, 0.1) is 22.0 Å². The summed E-state index contributed by atoms with van der Waals surface area (Å²) in [5.74, 6) is -0.540. The van der Waals surface area contributed by atoms with Crippen LogP contribution < -0.4 is 5.73 Å². The van der Waals surface area contributed by atoms with E-state index in [4.69, 9.17) is 10.5 Å². The summed E-state index contributed by atoms with van der Waals surface area (Å²) in [7, 11) is -3.69. The summed E-state index contributed by atoms with van der Waals surface area (Å²) in [6.45, 7) is 3.82. The van der Waals surface area contributed by atoms with E-state index in [2.05, 4.69) is 0 Å². The lowest BCUT2D eigenvalue weighted by Crippen LogP contribution is -2.17. The van der Waals surface area contributed by atoms with Crippen molar-refractivity contribution >= 4 is 15.8 Å². The normalized spacial score (nSPS) is 12.6. The average molecular weight is 347 g/mol. The summed E-state index contributed by atoms with van der Waals surface area (Å²) in [5.41, 5.74) is 6.94. The number of hydrogen-bond acceptors (Lipinski definition) is 5. The number of carbonyl (C=O) groups is 1. The predicted molar refractivity (Wildman–Crippen MR) is 91.6 cm³/mol. The Morgan fingerprint density at radius 2 is 1.79 bits per heavy atom. The number of esters is 1. The van der Waals surface area contributed by atoms with Gasteiger partial charge >= 0.3 is 5.97 Å². The minimum atomic E-state index is -3.69. The summed E-state index contributed by atoms with van der Waals surface area (Å²) in [5, 5.41) is 0. The molecule has 2 rings (SSSR count). The summed E-state index contributed by atoms with van der Waals surface area (Å²) in [6.07, 6.45) is 0.679. The molecule has 6 heteroatoms. The van der Waals surface area contributed by atoms with Crippen molar-refractivity contribution in [3.8, 4) is 0 Å². The molecule has 0 saturated carbocycles. The molecule has 128 valence electrons. The van der Waals surface area contributed by atoms with Crippen LogP contribution in [0.2, 0.25) is 0 Å². The number of nitrogens with two attached hydrogens (primary N) is 1. The highest BCUT2D eigenvalue weighted by Gasteiger charge is 2.19. The number of ether oxygens (including phenoxy) is 1. The van der Waals surface area contributed by atoms with Crippen molar-refractivity contribution in [1.29, 1.82) is 0 Å². The molecule has 0 heterocycles. The first-order valence-corrected chi connectivity index (χ1v) is 9.19. The molecular formula is C18H21NO4S. The zero-order chi connectivity index (χ0) is 17.7. The molecule has 2 aromatic rings. The van der Waals surface area contributed by atoms with E-state index in [0.29, 0.717) is 6.42 Å². The number of benzene rings is 2. The predicted octanol–water partition coefficient (Wildman–Crippen LogP) is 2.59. The fourth-order valence-electron chi connectivity index (χ4n) is 2.32. The van der Waals surface area contributed by atoms with Gasteiger partial charge in [-0.2, -0.15) is 0 Å². The molecule has 0 spiro atoms. The highest BCUT2D eigenvalue weighted by Crippen LogP contribution is 2.22. The second kappa shape index (κ2) is 7.59. The smallest absolute Gasteiger partial charge is 0.338 e. The molecule has 1 atom stereocenters. The second-order valence-corrected chi connectivity index (χ2v) is 7.53. The summed E-state index contributed by atoms with van der Waals surface area (Å²) >= 11 is 0. The van der Waals surface area contributed by atoms with E-state index in [0.717, 1.165) is 5.56 Å². The summed E-state index contributed by atoms with van der Waals surface area (Å²) in [4.78, 5) is 12.0. The lowest BCUT2D eigenvalue weighted by Gasteiger charge is -2.09. The van der Waals surface area contributed by atoms with Gasteiger partial charge < -0.3 is 10.5 Å². The third-order valence-electron chi connectivity index (χ3n) is 3.45. The highest BCUT2D eigenvalue weighted by atomic mass is 32.2. The van der Waals surface area contributed by atoms with Crippen LogP contribution in [-0.2, 0) is 21.0 Å². The maximum absolute atomic E-state index is 12.7. The number of hydrogen-bond donors (Lipinski definition) is 1. The molecule has 24 heavy (non-hydrogen) atoms. The maximum Gasteiger partial charge on any atom is 0.338 e. The molecule has 0 fully saturated rings. The highest BCUT2D eigenvalue weighted by molar-refractivity contribution is 7.91. The van der Waals surface area contributed by atoms with Crippen LogP contribution in [0.3, 0.4) is 0 Å². The summed E-state index contributed by atoms with van der Waals surface area (Å²) < 4.78 is 30.4. The van der Waals surface area contributed by atoms with Crippen LogP contribution in [0.1, 0.15) is 29.8 Å². The van der Waals surface area contributed by atoms with Crippen molar-refractivity contribution in [3.63, 3.8) is 0 Å². The van der Waals surface area contributed by atoms with E-state index >= 15 is 0 Å². The second-order valence-electron chi connectivity index (χ2n) is 5.58. The van der Waals surface area contributed by atoms with Crippen LogP contribution in [0.5, 0.6) is 0 Å². The molecular weight excluding hydrogens is 326 g/mol. The number of rotatable bonds is 6. The van der Waals surface area contributed by atoms with Crippen molar-refractivity contribution in [2.24, 2.45) is 5.73 Å². The van der Waals surface area contributed by atoms with Gasteiger partial charge in [0, 0.05) is 6.04 Å². The van der Waals surface area contributed by atoms with Gasteiger partial charge in [0.25, 0.3) is 0 Å². The topological polar surface area (TPSA) is 86.5 Å². The molecule has 0 bridgehead atoms. The lowest BCUT2D eigenvalue weighted by atomic mass is 10.1. The lowest BCUT2D eigenvalue weighted by molar-refractivity contribution is 0.0526. The van der Waals surface area contributed by atoms with Gasteiger partial charge in [0.15, 0.2) is 0 Å². The van der Waals surface area contributed by atoms with E-state index in [1.54, 1.807) is 31.2 Å². The Bertz CT molecular complexity index is 811. The van der Waals surface area contributed by atoms with Crippen molar-refractivity contribution in [2.75, 3.05) is 6.61 Å². The van der Waals surface area contributed by atoms with Gasteiger partial charge in [-0.3, -0.25) is 0 Å². The van der Waals surface area contributed by atoms with E-state index in [1.165, 1.54) is 24.3 Å². The molecule has 0 aliphatic carbocycles. The fourth-order valence-corrected chi connectivity index (χ4v) is 3.62. The first kappa shape index (κ1) is 18.2. The number of sulfone groups is 1. The summed E-state index contributed by atoms with van der Waals surface area (Å²) in [6, 6.07) is 12.5. The molecule has 2 aromatic carbocycles. The van der Waals surface area contributed by atoms with Gasteiger partial charge in [-0.15, -0.1) is 0 Å². The monoisotopic (exact) mass is 347 g/mol. The Labute approximate surface area is 142 Å². The quantitative estimate of drug-likeness (QED) is 0.812. The van der Waals surface area contributed by atoms with E-state index in [1.807, 2.05) is 6.92 Å². The van der Waals surface area contributed by atoms with E-state index in [9.17, 15) is 13.2 Å². The van der Waals surface area contributed by atoms with Gasteiger partial charge in [0.1, 0.15) is 0 Å². The SMILES string of the molecule is CCOC(=O)c1cccc(S(=O)(=O)c2ccc(CC(C)N)cc2)c1. The van der Waals surface area contributed by atoms with Crippen molar-refractivity contribution < 1.29 is 17.9 Å². The molecule has 0 amide bonds. The minimum Gasteiger partial charge on any atom is -0.462 e. The molecule has 0 radical (unpaired) electrons. The third kappa shape index (κ3) is 4.21. The maximum atomic E-state index is 12.7. The van der Waals surface area contributed by atoms with Gasteiger partial charge in [0.2, 0.25) is 9.84 Å². The molecule has 1 unspecified atom stereocenters. The standard InChI is InChI=1S/C18H21NO4S/c1-3-23-18(20)15-5-4-6-17(12-15)24(21,22)16-9-7-14(8-10-16)11-13(2)19/h4-10,12-13H,3,11,19H2,1-2H3. The Balaban J connectivity index is 2.33. The first-order valence-electron chi connectivity index (χ1n) is 7.71. The zero-order valence-corrected chi connectivity index (χ0v) is 14.5.